The summed E-state index contributed by atoms with van der Waals surface area (Å²) < 4.78 is 11.3. The van der Waals surface area contributed by atoms with Crippen LogP contribution in [0.1, 0.15) is 29.3 Å². The topological polar surface area (TPSA) is 48.4 Å². The lowest BCUT2D eigenvalue weighted by Gasteiger charge is -2.11. The fraction of sp³-hybridized carbons (Fsp3) is 0.294. The lowest BCUT2D eigenvalue weighted by Crippen LogP contribution is -2.04. The van der Waals surface area contributed by atoms with Gasteiger partial charge in [-0.1, -0.05) is 6.92 Å². The molecule has 0 radical (unpaired) electrons. The van der Waals surface area contributed by atoms with Gasteiger partial charge in [-0.15, -0.1) is 0 Å². The third-order valence-corrected chi connectivity index (χ3v) is 2.98. The fourth-order valence-corrected chi connectivity index (χ4v) is 1.88. The molecule has 2 aromatic rings. The van der Waals surface area contributed by atoms with Crippen LogP contribution < -0.4 is 9.47 Å². The Kier molecular flexibility index (Phi) is 5.76. The number of aromatic nitrogens is 1. The van der Waals surface area contributed by atoms with Gasteiger partial charge in [0.2, 0.25) is 0 Å². The van der Waals surface area contributed by atoms with Crippen LogP contribution in [0.25, 0.3) is 0 Å². The zero-order chi connectivity index (χ0) is 14.9. The number of nitrogens with zero attached hydrogens (tertiary/aromatic N) is 1. The van der Waals surface area contributed by atoms with Crippen LogP contribution in [-0.4, -0.2) is 24.5 Å². The molecule has 0 aliphatic rings. The molecule has 110 valence electrons. The van der Waals surface area contributed by atoms with E-state index in [2.05, 4.69) is 4.98 Å². The quantitative estimate of drug-likeness (QED) is 0.698. The lowest BCUT2D eigenvalue weighted by molar-refractivity contribution is 0.111. The third kappa shape index (κ3) is 4.60. The minimum absolute atomic E-state index is 0.502. The number of carbonyl (C=O) groups excluding carboxylic acids is 1. The molecule has 0 saturated carbocycles. The first-order chi connectivity index (χ1) is 10.3. The number of carbonyl (C=O) groups is 1. The summed E-state index contributed by atoms with van der Waals surface area (Å²) in [6.45, 7) is 3.20. The van der Waals surface area contributed by atoms with Gasteiger partial charge in [-0.2, -0.15) is 0 Å². The largest absolute Gasteiger partial charge is 0.493 e. The number of ether oxygens (including phenoxy) is 2. The van der Waals surface area contributed by atoms with Gasteiger partial charge in [0.05, 0.1) is 18.8 Å². The molecule has 1 aromatic carbocycles. The molecule has 0 bridgehead atoms. The van der Waals surface area contributed by atoms with Crippen LogP contribution in [0.15, 0.2) is 42.7 Å². The van der Waals surface area contributed by atoms with E-state index in [0.717, 1.165) is 30.4 Å². The van der Waals surface area contributed by atoms with Crippen LogP contribution in [0.5, 0.6) is 11.5 Å². The molecule has 0 N–H and O–H groups in total. The highest BCUT2D eigenvalue weighted by molar-refractivity contribution is 5.79. The predicted molar refractivity (Wildman–Crippen MR) is 81.1 cm³/mol. The van der Waals surface area contributed by atoms with Gasteiger partial charge in [0.25, 0.3) is 0 Å². The van der Waals surface area contributed by atoms with Crippen LogP contribution in [0.2, 0.25) is 0 Å². The smallest absolute Gasteiger partial charge is 0.153 e. The zero-order valence-corrected chi connectivity index (χ0v) is 12.1. The molecule has 0 aliphatic carbocycles. The minimum atomic E-state index is 0.502. The first-order valence-electron chi connectivity index (χ1n) is 7.07. The molecule has 2 rings (SSSR count). The summed E-state index contributed by atoms with van der Waals surface area (Å²) in [4.78, 5) is 15.0. The van der Waals surface area contributed by atoms with Crippen molar-refractivity contribution in [3.63, 3.8) is 0 Å². The highest BCUT2D eigenvalue weighted by atomic mass is 16.5. The van der Waals surface area contributed by atoms with Gasteiger partial charge in [0, 0.05) is 24.9 Å². The summed E-state index contributed by atoms with van der Waals surface area (Å²) >= 11 is 0. The normalized spacial score (nSPS) is 10.1. The average Bonchev–Trinajstić information content (AvgIpc) is 2.54. The summed E-state index contributed by atoms with van der Waals surface area (Å²) in [5.74, 6) is 1.29. The minimum Gasteiger partial charge on any atom is -0.493 e. The maximum atomic E-state index is 11.1. The molecule has 0 unspecified atom stereocenters. The van der Waals surface area contributed by atoms with E-state index in [0.29, 0.717) is 24.5 Å². The summed E-state index contributed by atoms with van der Waals surface area (Å²) in [5, 5.41) is 0. The van der Waals surface area contributed by atoms with Crippen molar-refractivity contribution in [1.29, 1.82) is 0 Å². The van der Waals surface area contributed by atoms with E-state index in [4.69, 9.17) is 9.47 Å². The van der Waals surface area contributed by atoms with Gasteiger partial charge in [-0.25, -0.2) is 0 Å². The van der Waals surface area contributed by atoms with E-state index in [1.807, 2.05) is 19.1 Å². The summed E-state index contributed by atoms with van der Waals surface area (Å²) in [6.07, 6.45) is 6.01. The molecular weight excluding hydrogens is 266 g/mol. The molecule has 0 atom stereocenters. The van der Waals surface area contributed by atoms with Crippen molar-refractivity contribution in [2.24, 2.45) is 0 Å². The van der Waals surface area contributed by atoms with Crippen molar-refractivity contribution in [2.45, 2.75) is 19.8 Å². The van der Waals surface area contributed by atoms with E-state index >= 15 is 0 Å². The standard InChI is InChI=1S/C17H19NO3/c1-2-10-20-16-4-3-15(13-19)17(12-16)21-11-7-14-5-8-18-9-6-14/h3-6,8-9,12-13H,2,7,10-11H2,1H3. The second-order valence-corrected chi connectivity index (χ2v) is 4.62. The molecule has 0 aliphatic heterocycles. The van der Waals surface area contributed by atoms with E-state index in [1.165, 1.54) is 0 Å². The van der Waals surface area contributed by atoms with Gasteiger partial charge in [-0.3, -0.25) is 9.78 Å². The number of benzene rings is 1. The second-order valence-electron chi connectivity index (χ2n) is 4.62. The number of aldehydes is 1. The summed E-state index contributed by atoms with van der Waals surface area (Å²) in [6, 6.07) is 9.18. The highest BCUT2D eigenvalue weighted by Crippen LogP contribution is 2.24. The van der Waals surface area contributed by atoms with E-state index in [-0.39, 0.29) is 0 Å². The lowest BCUT2D eigenvalue weighted by atomic mass is 10.2. The molecular formula is C17H19NO3. The molecule has 0 amide bonds. The van der Waals surface area contributed by atoms with Crippen molar-refractivity contribution >= 4 is 6.29 Å². The first kappa shape index (κ1) is 15.0. The van der Waals surface area contributed by atoms with Crippen molar-refractivity contribution in [2.75, 3.05) is 13.2 Å². The number of hydrogen-bond acceptors (Lipinski definition) is 4. The fourth-order valence-electron chi connectivity index (χ4n) is 1.88. The maximum Gasteiger partial charge on any atom is 0.153 e. The average molecular weight is 285 g/mol. The molecule has 21 heavy (non-hydrogen) atoms. The molecule has 1 heterocycles. The van der Waals surface area contributed by atoms with E-state index in [1.54, 1.807) is 30.6 Å². The summed E-state index contributed by atoms with van der Waals surface area (Å²) in [7, 11) is 0. The molecule has 0 fully saturated rings. The number of hydrogen-bond donors (Lipinski definition) is 0. The Hall–Kier alpha value is -2.36. The van der Waals surface area contributed by atoms with Crippen molar-refractivity contribution in [3.05, 3.63) is 53.9 Å². The number of pyridine rings is 1. The second kappa shape index (κ2) is 8.04. The molecule has 0 saturated heterocycles. The van der Waals surface area contributed by atoms with Gasteiger partial charge in [-0.05, 0) is 36.2 Å². The molecule has 4 heteroatoms. The van der Waals surface area contributed by atoms with Crippen LogP contribution >= 0.6 is 0 Å². The number of rotatable bonds is 8. The van der Waals surface area contributed by atoms with E-state index in [9.17, 15) is 4.79 Å². The third-order valence-electron chi connectivity index (χ3n) is 2.98. The van der Waals surface area contributed by atoms with Crippen molar-refractivity contribution in [1.82, 2.24) is 4.98 Å². The van der Waals surface area contributed by atoms with Crippen molar-refractivity contribution in [3.8, 4) is 11.5 Å². The Balaban J connectivity index is 1.98. The zero-order valence-electron chi connectivity index (χ0n) is 12.1. The van der Waals surface area contributed by atoms with Crippen LogP contribution in [0.3, 0.4) is 0 Å². The van der Waals surface area contributed by atoms with Gasteiger partial charge < -0.3 is 9.47 Å². The Morgan fingerprint density at radius 1 is 1.10 bits per heavy atom. The molecule has 1 aromatic heterocycles. The Morgan fingerprint density at radius 2 is 1.90 bits per heavy atom. The first-order valence-corrected chi connectivity index (χ1v) is 7.07. The maximum absolute atomic E-state index is 11.1. The van der Waals surface area contributed by atoms with Gasteiger partial charge in [0.1, 0.15) is 11.5 Å². The molecule has 4 nitrogen and oxygen atoms in total. The van der Waals surface area contributed by atoms with Crippen LogP contribution in [0.4, 0.5) is 0 Å². The van der Waals surface area contributed by atoms with E-state index < -0.39 is 0 Å². The predicted octanol–water partition coefficient (Wildman–Crippen LogP) is 3.30. The van der Waals surface area contributed by atoms with Crippen LogP contribution in [0, 0.1) is 0 Å². The Bertz CT molecular complexity index is 570. The van der Waals surface area contributed by atoms with Crippen LogP contribution in [-0.2, 0) is 6.42 Å². The summed E-state index contributed by atoms with van der Waals surface area (Å²) in [5.41, 5.74) is 1.68. The van der Waals surface area contributed by atoms with Gasteiger partial charge >= 0.3 is 0 Å². The Labute approximate surface area is 124 Å². The SMILES string of the molecule is CCCOc1ccc(C=O)c(OCCc2ccncc2)c1. The van der Waals surface area contributed by atoms with Gasteiger partial charge in [0.15, 0.2) is 6.29 Å². The highest BCUT2D eigenvalue weighted by Gasteiger charge is 2.06. The Morgan fingerprint density at radius 3 is 2.62 bits per heavy atom. The molecule has 0 spiro atoms. The van der Waals surface area contributed by atoms with Crippen molar-refractivity contribution < 1.29 is 14.3 Å². The monoisotopic (exact) mass is 285 g/mol.